The molecule has 2 aromatic carbocycles. The van der Waals surface area contributed by atoms with Crippen molar-refractivity contribution in [2.24, 2.45) is 10.2 Å². The number of ketones is 1. The smallest absolute Gasteiger partial charge is 0.341 e. The predicted molar refractivity (Wildman–Crippen MR) is 87.1 cm³/mol. The van der Waals surface area contributed by atoms with Crippen LogP contribution in [0, 0.1) is 5.82 Å². The van der Waals surface area contributed by atoms with Gasteiger partial charge in [0.2, 0.25) is 11.8 Å². The molecule has 2 aromatic rings. The van der Waals surface area contributed by atoms with Crippen molar-refractivity contribution in [1.29, 1.82) is 0 Å². The largest absolute Gasteiger partial charge is 0.464 e. The van der Waals surface area contributed by atoms with Crippen LogP contribution in [0.3, 0.4) is 0 Å². The lowest BCUT2D eigenvalue weighted by Crippen LogP contribution is -2.30. The van der Waals surface area contributed by atoms with Gasteiger partial charge in [-0.05, 0) is 49.4 Å². The van der Waals surface area contributed by atoms with Gasteiger partial charge in [0.15, 0.2) is 0 Å². The summed E-state index contributed by atoms with van der Waals surface area (Å²) in [5, 5.41) is 8.13. The average Bonchev–Trinajstić information content (AvgIpc) is 2.56. The summed E-state index contributed by atoms with van der Waals surface area (Å²) in [5.41, 5.74) is 0.531. The molecule has 0 N–H and O–H groups in total. The zero-order chi connectivity index (χ0) is 17.5. The van der Waals surface area contributed by atoms with E-state index in [1.165, 1.54) is 18.2 Å². The molecule has 0 spiro atoms. The third-order valence-corrected chi connectivity index (χ3v) is 3.22. The molecular formula is C17H14ClFN2O3. The number of azo groups is 1. The molecule has 5 nitrogen and oxygen atoms in total. The maximum absolute atomic E-state index is 13.0. The molecule has 0 amide bonds. The minimum Gasteiger partial charge on any atom is -0.464 e. The van der Waals surface area contributed by atoms with E-state index in [1.807, 2.05) is 0 Å². The van der Waals surface area contributed by atoms with Crippen molar-refractivity contribution < 1.29 is 18.7 Å². The van der Waals surface area contributed by atoms with E-state index < -0.39 is 23.6 Å². The molecule has 0 fully saturated rings. The Bertz CT molecular complexity index is 763. The fourth-order valence-electron chi connectivity index (χ4n) is 1.86. The maximum atomic E-state index is 13.0. The first-order valence-corrected chi connectivity index (χ1v) is 7.52. The van der Waals surface area contributed by atoms with Crippen molar-refractivity contribution in [2.75, 3.05) is 6.61 Å². The Morgan fingerprint density at radius 1 is 1.21 bits per heavy atom. The van der Waals surface area contributed by atoms with Gasteiger partial charge in [-0.2, -0.15) is 10.2 Å². The van der Waals surface area contributed by atoms with E-state index in [0.29, 0.717) is 10.7 Å². The number of Topliss-reactive ketones (excluding diaryl/α,β-unsaturated/α-hetero) is 1. The van der Waals surface area contributed by atoms with Crippen LogP contribution in [0.4, 0.5) is 10.1 Å². The zero-order valence-electron chi connectivity index (χ0n) is 12.8. The Morgan fingerprint density at radius 3 is 2.54 bits per heavy atom. The molecular weight excluding hydrogens is 335 g/mol. The van der Waals surface area contributed by atoms with Gasteiger partial charge in [-0.3, -0.25) is 4.79 Å². The Morgan fingerprint density at radius 2 is 1.92 bits per heavy atom. The molecule has 0 radical (unpaired) electrons. The van der Waals surface area contributed by atoms with Crippen LogP contribution >= 0.6 is 11.6 Å². The Balaban J connectivity index is 2.28. The molecule has 0 saturated heterocycles. The molecule has 0 heterocycles. The van der Waals surface area contributed by atoms with E-state index >= 15 is 0 Å². The molecule has 0 unspecified atom stereocenters. The van der Waals surface area contributed by atoms with Crippen LogP contribution < -0.4 is 0 Å². The number of halogens is 2. The Kier molecular flexibility index (Phi) is 6.14. The highest BCUT2D eigenvalue weighted by atomic mass is 35.5. The second kappa shape index (κ2) is 8.31. The normalized spacial score (nSPS) is 12.1. The SMILES string of the molecule is CCOC(=O)[C@@H](N=Nc1cccc(Cl)c1)C(=O)c1ccc(F)cc1. The Labute approximate surface area is 143 Å². The molecule has 0 saturated carbocycles. The van der Waals surface area contributed by atoms with Crippen LogP contribution in [-0.2, 0) is 9.53 Å². The van der Waals surface area contributed by atoms with Crippen molar-refractivity contribution >= 4 is 29.0 Å². The van der Waals surface area contributed by atoms with Gasteiger partial charge in [0.1, 0.15) is 5.82 Å². The number of carbonyl (C=O) groups is 2. The molecule has 0 aliphatic carbocycles. The minimum atomic E-state index is -1.46. The second-order valence-corrected chi connectivity index (χ2v) is 5.16. The standard InChI is InChI=1S/C17H14ClFN2O3/c1-2-24-17(23)15(16(22)11-6-8-13(19)9-7-11)21-20-14-5-3-4-12(18)10-14/h3-10,15H,2H2,1H3/t15-/m0/s1. The van der Waals surface area contributed by atoms with Crippen molar-refractivity contribution in [1.82, 2.24) is 0 Å². The van der Waals surface area contributed by atoms with Crippen LogP contribution in [0.25, 0.3) is 0 Å². The molecule has 1 atom stereocenters. The topological polar surface area (TPSA) is 68.1 Å². The van der Waals surface area contributed by atoms with Gasteiger partial charge in [0, 0.05) is 10.6 Å². The van der Waals surface area contributed by atoms with Gasteiger partial charge in [0.05, 0.1) is 12.3 Å². The van der Waals surface area contributed by atoms with E-state index in [0.717, 1.165) is 12.1 Å². The zero-order valence-corrected chi connectivity index (χ0v) is 13.5. The molecule has 0 aliphatic heterocycles. The first kappa shape index (κ1) is 17.7. The number of hydrogen-bond donors (Lipinski definition) is 0. The van der Waals surface area contributed by atoms with E-state index in [9.17, 15) is 14.0 Å². The summed E-state index contributed by atoms with van der Waals surface area (Å²) in [4.78, 5) is 24.5. The second-order valence-electron chi connectivity index (χ2n) is 4.72. The monoisotopic (exact) mass is 348 g/mol. The van der Waals surface area contributed by atoms with Crippen molar-refractivity contribution in [3.63, 3.8) is 0 Å². The number of esters is 1. The number of benzene rings is 2. The lowest BCUT2D eigenvalue weighted by Gasteiger charge is -2.09. The van der Waals surface area contributed by atoms with E-state index in [-0.39, 0.29) is 12.2 Å². The minimum absolute atomic E-state index is 0.0959. The van der Waals surface area contributed by atoms with Gasteiger partial charge >= 0.3 is 5.97 Å². The summed E-state index contributed by atoms with van der Waals surface area (Å²) in [6.45, 7) is 1.71. The van der Waals surface area contributed by atoms with Crippen LogP contribution in [0.15, 0.2) is 58.8 Å². The lowest BCUT2D eigenvalue weighted by atomic mass is 10.1. The van der Waals surface area contributed by atoms with Crippen molar-refractivity contribution in [2.45, 2.75) is 13.0 Å². The number of hydrogen-bond acceptors (Lipinski definition) is 5. The highest BCUT2D eigenvalue weighted by Gasteiger charge is 2.29. The average molecular weight is 349 g/mol. The van der Waals surface area contributed by atoms with Crippen molar-refractivity contribution in [3.8, 4) is 0 Å². The molecule has 24 heavy (non-hydrogen) atoms. The number of rotatable bonds is 6. The number of nitrogens with zero attached hydrogens (tertiary/aromatic N) is 2. The fourth-order valence-corrected chi connectivity index (χ4v) is 2.05. The molecule has 0 bridgehead atoms. The molecule has 0 aliphatic rings. The first-order valence-electron chi connectivity index (χ1n) is 7.14. The van der Waals surface area contributed by atoms with E-state index in [4.69, 9.17) is 16.3 Å². The van der Waals surface area contributed by atoms with Crippen LogP contribution in [0.2, 0.25) is 5.02 Å². The van der Waals surface area contributed by atoms with Crippen LogP contribution in [-0.4, -0.2) is 24.4 Å². The lowest BCUT2D eigenvalue weighted by molar-refractivity contribution is -0.143. The highest BCUT2D eigenvalue weighted by Crippen LogP contribution is 2.19. The molecule has 2 rings (SSSR count). The summed E-state index contributed by atoms with van der Waals surface area (Å²) < 4.78 is 17.8. The van der Waals surface area contributed by atoms with Crippen LogP contribution in [0.1, 0.15) is 17.3 Å². The summed E-state index contributed by atoms with van der Waals surface area (Å²) in [5.74, 6) is -1.93. The predicted octanol–water partition coefficient (Wildman–Crippen LogP) is 4.38. The number of ether oxygens (including phenoxy) is 1. The van der Waals surface area contributed by atoms with E-state index in [2.05, 4.69) is 10.2 Å². The molecule has 0 aromatic heterocycles. The van der Waals surface area contributed by atoms with Gasteiger partial charge in [-0.25, -0.2) is 9.18 Å². The van der Waals surface area contributed by atoms with Gasteiger partial charge in [-0.1, -0.05) is 17.7 Å². The van der Waals surface area contributed by atoms with Crippen LogP contribution in [0.5, 0.6) is 0 Å². The third-order valence-electron chi connectivity index (χ3n) is 2.98. The van der Waals surface area contributed by atoms with E-state index in [1.54, 1.807) is 25.1 Å². The van der Waals surface area contributed by atoms with Gasteiger partial charge < -0.3 is 4.74 Å². The third kappa shape index (κ3) is 4.70. The number of carbonyl (C=O) groups excluding carboxylic acids is 2. The summed E-state index contributed by atoms with van der Waals surface area (Å²) in [6.07, 6.45) is 0. The molecule has 124 valence electrons. The maximum Gasteiger partial charge on any atom is 0.341 e. The highest BCUT2D eigenvalue weighted by molar-refractivity contribution is 6.30. The summed E-state index contributed by atoms with van der Waals surface area (Å²) >= 11 is 5.85. The fraction of sp³-hybridized carbons (Fsp3) is 0.176. The molecule has 7 heteroatoms. The van der Waals surface area contributed by atoms with Gasteiger partial charge in [-0.15, -0.1) is 0 Å². The summed E-state index contributed by atoms with van der Waals surface area (Å²) in [7, 11) is 0. The quantitative estimate of drug-likeness (QED) is 0.337. The Hall–Kier alpha value is -2.60. The summed E-state index contributed by atoms with van der Waals surface area (Å²) in [6, 6.07) is 9.83. The van der Waals surface area contributed by atoms with Gasteiger partial charge in [0.25, 0.3) is 0 Å². The van der Waals surface area contributed by atoms with Crippen molar-refractivity contribution in [3.05, 3.63) is 64.9 Å². The first-order chi connectivity index (χ1) is 11.5.